The molecule has 2 aromatic carbocycles. The molecule has 0 saturated heterocycles. The highest BCUT2D eigenvalue weighted by atomic mass is 79.9. The molecule has 0 fully saturated rings. The van der Waals surface area contributed by atoms with Crippen molar-refractivity contribution in [3.63, 3.8) is 0 Å². The normalized spacial score (nSPS) is 16.2. The van der Waals surface area contributed by atoms with E-state index in [2.05, 4.69) is 31.1 Å². The Morgan fingerprint density at radius 3 is 2.68 bits per heavy atom. The third-order valence-corrected chi connectivity index (χ3v) is 4.41. The lowest BCUT2D eigenvalue weighted by atomic mass is 10.1. The summed E-state index contributed by atoms with van der Waals surface area (Å²) in [7, 11) is 0. The SMILES string of the molecule is Fc1ccccc1C1=NC(Cc2cc(-c3ccc(Br)cc3)no2)C=N1. The number of rotatable bonds is 4. The molecule has 0 amide bonds. The third-order valence-electron chi connectivity index (χ3n) is 3.88. The Hall–Kier alpha value is -2.60. The van der Waals surface area contributed by atoms with Gasteiger partial charge in [0, 0.05) is 28.7 Å². The van der Waals surface area contributed by atoms with Crippen molar-refractivity contribution in [1.82, 2.24) is 5.16 Å². The average molecular weight is 398 g/mol. The van der Waals surface area contributed by atoms with E-state index in [1.807, 2.05) is 30.3 Å². The van der Waals surface area contributed by atoms with Crippen LogP contribution in [-0.4, -0.2) is 23.2 Å². The number of amidine groups is 1. The van der Waals surface area contributed by atoms with Crippen LogP contribution in [0.15, 0.2) is 73.6 Å². The maximum absolute atomic E-state index is 13.8. The molecule has 3 aromatic rings. The first-order valence-electron chi connectivity index (χ1n) is 7.77. The zero-order valence-corrected chi connectivity index (χ0v) is 14.6. The van der Waals surface area contributed by atoms with E-state index < -0.39 is 0 Å². The number of benzene rings is 2. The second kappa shape index (κ2) is 6.72. The second-order valence-corrected chi connectivity index (χ2v) is 6.58. The monoisotopic (exact) mass is 397 g/mol. The molecule has 4 rings (SSSR count). The highest BCUT2D eigenvalue weighted by molar-refractivity contribution is 9.10. The number of aromatic nitrogens is 1. The van der Waals surface area contributed by atoms with Crippen LogP contribution in [0.1, 0.15) is 11.3 Å². The van der Waals surface area contributed by atoms with Crippen LogP contribution >= 0.6 is 15.9 Å². The Labute approximate surface area is 152 Å². The number of hydrogen-bond donors (Lipinski definition) is 0. The Morgan fingerprint density at radius 2 is 1.88 bits per heavy atom. The highest BCUT2D eigenvalue weighted by Gasteiger charge is 2.19. The molecule has 1 aliphatic heterocycles. The molecule has 1 aromatic heterocycles. The van der Waals surface area contributed by atoms with Crippen molar-refractivity contribution in [3.05, 3.63) is 76.2 Å². The quantitative estimate of drug-likeness (QED) is 0.641. The molecule has 0 aliphatic carbocycles. The fourth-order valence-electron chi connectivity index (χ4n) is 2.63. The molecule has 2 heterocycles. The topological polar surface area (TPSA) is 50.8 Å². The van der Waals surface area contributed by atoms with Gasteiger partial charge in [-0.15, -0.1) is 0 Å². The van der Waals surface area contributed by atoms with Crippen LogP contribution < -0.4 is 0 Å². The average Bonchev–Trinajstić information content (AvgIpc) is 3.26. The van der Waals surface area contributed by atoms with Crippen LogP contribution in [0.5, 0.6) is 0 Å². The Kier molecular flexibility index (Phi) is 4.28. The van der Waals surface area contributed by atoms with E-state index >= 15 is 0 Å². The van der Waals surface area contributed by atoms with Crippen LogP contribution in [0.4, 0.5) is 4.39 Å². The van der Waals surface area contributed by atoms with Gasteiger partial charge in [0.25, 0.3) is 0 Å². The van der Waals surface area contributed by atoms with Gasteiger partial charge in [-0.2, -0.15) is 0 Å². The number of nitrogens with zero attached hydrogens (tertiary/aromatic N) is 3. The van der Waals surface area contributed by atoms with E-state index in [-0.39, 0.29) is 11.9 Å². The predicted molar refractivity (Wildman–Crippen MR) is 98.6 cm³/mol. The van der Waals surface area contributed by atoms with Crippen molar-refractivity contribution in [2.24, 2.45) is 9.98 Å². The van der Waals surface area contributed by atoms with Crippen LogP contribution in [0.2, 0.25) is 0 Å². The van der Waals surface area contributed by atoms with E-state index in [1.54, 1.807) is 24.4 Å². The van der Waals surface area contributed by atoms with Gasteiger partial charge in [-0.05, 0) is 24.3 Å². The molecule has 4 nitrogen and oxygen atoms in total. The van der Waals surface area contributed by atoms with Gasteiger partial charge < -0.3 is 4.52 Å². The molecule has 0 spiro atoms. The summed E-state index contributed by atoms with van der Waals surface area (Å²) in [5, 5.41) is 4.11. The van der Waals surface area contributed by atoms with E-state index in [0.717, 1.165) is 15.7 Å². The molecular weight excluding hydrogens is 385 g/mol. The smallest absolute Gasteiger partial charge is 0.157 e. The first kappa shape index (κ1) is 15.9. The van der Waals surface area contributed by atoms with E-state index in [9.17, 15) is 4.39 Å². The highest BCUT2D eigenvalue weighted by Crippen LogP contribution is 2.23. The molecule has 0 radical (unpaired) electrons. The van der Waals surface area contributed by atoms with Gasteiger partial charge in [0.1, 0.15) is 17.3 Å². The fourth-order valence-corrected chi connectivity index (χ4v) is 2.90. The van der Waals surface area contributed by atoms with E-state index in [4.69, 9.17) is 4.52 Å². The molecule has 124 valence electrons. The Bertz CT molecular complexity index is 963. The lowest BCUT2D eigenvalue weighted by Crippen LogP contribution is -2.07. The van der Waals surface area contributed by atoms with Crippen molar-refractivity contribution < 1.29 is 8.91 Å². The lowest BCUT2D eigenvalue weighted by Gasteiger charge is -2.00. The minimum absolute atomic E-state index is 0.180. The first-order valence-corrected chi connectivity index (χ1v) is 8.57. The van der Waals surface area contributed by atoms with Gasteiger partial charge in [-0.1, -0.05) is 45.4 Å². The van der Waals surface area contributed by atoms with E-state index in [0.29, 0.717) is 23.6 Å². The standard InChI is InChI=1S/C19H13BrFN3O/c20-13-7-5-12(6-8-13)18-10-15(25-24-18)9-14-11-22-19(23-14)16-3-1-2-4-17(16)21/h1-8,10-11,14H,9H2. The summed E-state index contributed by atoms with van der Waals surface area (Å²) < 4.78 is 20.2. The number of aliphatic imine (C=N–C) groups is 2. The van der Waals surface area contributed by atoms with Crippen molar-refractivity contribution in [1.29, 1.82) is 0 Å². The summed E-state index contributed by atoms with van der Waals surface area (Å²) in [6, 6.07) is 16.1. The lowest BCUT2D eigenvalue weighted by molar-refractivity contribution is 0.384. The summed E-state index contributed by atoms with van der Waals surface area (Å²) in [4.78, 5) is 8.71. The van der Waals surface area contributed by atoms with Crippen LogP contribution in [0.25, 0.3) is 11.3 Å². The second-order valence-electron chi connectivity index (χ2n) is 5.67. The number of halogens is 2. The summed E-state index contributed by atoms with van der Waals surface area (Å²) in [5.41, 5.74) is 2.17. The maximum Gasteiger partial charge on any atom is 0.157 e. The van der Waals surface area contributed by atoms with Gasteiger partial charge in [-0.25, -0.2) is 9.38 Å². The van der Waals surface area contributed by atoms with Crippen LogP contribution in [-0.2, 0) is 6.42 Å². The molecule has 1 unspecified atom stereocenters. The largest absolute Gasteiger partial charge is 0.361 e. The molecule has 6 heteroatoms. The molecule has 25 heavy (non-hydrogen) atoms. The summed E-state index contributed by atoms with van der Waals surface area (Å²) in [5.74, 6) is 0.805. The predicted octanol–water partition coefficient (Wildman–Crippen LogP) is 4.69. The van der Waals surface area contributed by atoms with Crippen molar-refractivity contribution >= 4 is 28.0 Å². The molecule has 0 bridgehead atoms. The molecular formula is C19H13BrFN3O. The van der Waals surface area contributed by atoms with E-state index in [1.165, 1.54) is 6.07 Å². The fraction of sp³-hybridized carbons (Fsp3) is 0.105. The molecule has 0 N–H and O–H groups in total. The molecule has 0 saturated carbocycles. The zero-order valence-electron chi connectivity index (χ0n) is 13.1. The zero-order chi connectivity index (χ0) is 17.2. The van der Waals surface area contributed by atoms with Crippen molar-refractivity contribution in [2.75, 3.05) is 0 Å². The maximum atomic E-state index is 13.8. The number of hydrogen-bond acceptors (Lipinski definition) is 4. The van der Waals surface area contributed by atoms with Crippen molar-refractivity contribution in [2.45, 2.75) is 12.5 Å². The minimum atomic E-state index is -0.323. The van der Waals surface area contributed by atoms with Crippen LogP contribution in [0, 0.1) is 5.82 Å². The summed E-state index contributed by atoms with van der Waals surface area (Å²) >= 11 is 3.41. The summed E-state index contributed by atoms with van der Waals surface area (Å²) in [6.45, 7) is 0. The van der Waals surface area contributed by atoms with Gasteiger partial charge in [0.2, 0.25) is 0 Å². The van der Waals surface area contributed by atoms with Gasteiger partial charge >= 0.3 is 0 Å². The van der Waals surface area contributed by atoms with Crippen LogP contribution in [0.3, 0.4) is 0 Å². The van der Waals surface area contributed by atoms with Gasteiger partial charge in [0.05, 0.1) is 11.6 Å². The van der Waals surface area contributed by atoms with Crippen molar-refractivity contribution in [3.8, 4) is 11.3 Å². The van der Waals surface area contributed by atoms with Gasteiger partial charge in [0.15, 0.2) is 5.84 Å². The molecule has 1 atom stereocenters. The Balaban J connectivity index is 1.50. The Morgan fingerprint density at radius 1 is 1.08 bits per heavy atom. The first-order chi connectivity index (χ1) is 12.2. The summed E-state index contributed by atoms with van der Waals surface area (Å²) in [6.07, 6.45) is 2.24. The van der Waals surface area contributed by atoms with Gasteiger partial charge in [-0.3, -0.25) is 4.99 Å². The molecule has 1 aliphatic rings. The third kappa shape index (κ3) is 3.44. The minimum Gasteiger partial charge on any atom is -0.361 e.